The normalized spacial score (nSPS) is 20.6. The van der Waals surface area contributed by atoms with Crippen molar-refractivity contribution in [1.29, 1.82) is 0 Å². The fourth-order valence-electron chi connectivity index (χ4n) is 2.61. The molecule has 0 spiro atoms. The quantitative estimate of drug-likeness (QED) is 0.483. The minimum Gasteiger partial charge on any atom is -0.497 e. The minimum absolute atomic E-state index is 0.00689. The molecule has 0 fully saturated rings. The summed E-state index contributed by atoms with van der Waals surface area (Å²) in [4.78, 5) is 25.3. The van der Waals surface area contributed by atoms with Gasteiger partial charge in [-0.3, -0.25) is 4.79 Å². The molecular weight excluding hydrogens is 456 g/mol. The van der Waals surface area contributed by atoms with Crippen LogP contribution in [0.4, 0.5) is 0 Å². The van der Waals surface area contributed by atoms with Crippen molar-refractivity contribution in [3.63, 3.8) is 0 Å². The minimum atomic E-state index is -2.27. The molecule has 29 heavy (non-hydrogen) atoms. The number of Topliss-reactive ketones (excluding diaryl/α,β-unsaturated/α-hetero) is 1. The van der Waals surface area contributed by atoms with Gasteiger partial charge in [-0.2, -0.15) is 0 Å². The van der Waals surface area contributed by atoms with Gasteiger partial charge in [0.05, 0.1) is 23.3 Å². The number of halogens is 1. The summed E-state index contributed by atoms with van der Waals surface area (Å²) < 4.78 is 16.7. The second-order valence-electron chi connectivity index (χ2n) is 8.65. The number of aliphatic hydroxyl groups is 1. The summed E-state index contributed by atoms with van der Waals surface area (Å²) in [5.74, 6) is -0.352. The highest BCUT2D eigenvalue weighted by atomic mass is 79.9. The summed E-state index contributed by atoms with van der Waals surface area (Å²) in [6.07, 6.45) is -2.09. The van der Waals surface area contributed by atoms with E-state index in [2.05, 4.69) is 36.7 Å². The smallest absolute Gasteiger partial charge is 0.335 e. The Morgan fingerprint density at radius 2 is 1.83 bits per heavy atom. The number of ether oxygens (including phenoxy) is 2. The van der Waals surface area contributed by atoms with E-state index in [0.717, 1.165) is 5.56 Å². The lowest BCUT2D eigenvalue weighted by Crippen LogP contribution is -2.51. The van der Waals surface area contributed by atoms with Crippen LogP contribution in [0.2, 0.25) is 18.1 Å². The SMILES string of the molecule is COc1ccc(COC(=O)C2=C(Br)C(=O)[C@@H](O[Si](C)(C)C(C)(C)C)[C@H](O)C2)cc1. The number of carbonyl (C=O) groups excluding carboxylic acids is 2. The first-order valence-electron chi connectivity index (χ1n) is 9.46. The Morgan fingerprint density at radius 3 is 2.34 bits per heavy atom. The second-order valence-corrected chi connectivity index (χ2v) is 14.2. The maximum absolute atomic E-state index is 12.8. The number of carbonyl (C=O) groups is 2. The van der Waals surface area contributed by atoms with Gasteiger partial charge in [-0.25, -0.2) is 4.79 Å². The third kappa shape index (κ3) is 5.57. The average molecular weight is 485 g/mol. The number of methoxy groups -OCH3 is 1. The lowest BCUT2D eigenvalue weighted by Gasteiger charge is -2.41. The topological polar surface area (TPSA) is 82.1 Å². The Labute approximate surface area is 181 Å². The van der Waals surface area contributed by atoms with Crippen molar-refractivity contribution in [2.45, 2.75) is 64.1 Å². The van der Waals surface area contributed by atoms with Gasteiger partial charge >= 0.3 is 5.97 Å². The third-order valence-electron chi connectivity index (χ3n) is 5.51. The van der Waals surface area contributed by atoms with Gasteiger partial charge in [0, 0.05) is 6.42 Å². The zero-order chi connectivity index (χ0) is 22.0. The van der Waals surface area contributed by atoms with E-state index in [0.29, 0.717) is 5.75 Å². The molecule has 0 unspecified atom stereocenters. The van der Waals surface area contributed by atoms with E-state index in [4.69, 9.17) is 13.9 Å². The standard InChI is InChI=1S/C21H29BrO6Si/c1-21(2,3)29(5,6)28-19-16(23)11-15(17(22)18(19)24)20(25)27-12-13-7-9-14(26-4)10-8-13/h7-10,16,19,23H,11-12H2,1-6H3/t16-,19+/m1/s1. The molecule has 1 aromatic rings. The zero-order valence-corrected chi connectivity index (χ0v) is 20.3. The van der Waals surface area contributed by atoms with Gasteiger partial charge in [0.2, 0.25) is 0 Å². The largest absolute Gasteiger partial charge is 0.497 e. The Kier molecular flexibility index (Phi) is 7.48. The molecule has 1 aromatic carbocycles. The molecular formula is C21H29BrO6Si. The molecule has 2 atom stereocenters. The van der Waals surface area contributed by atoms with Crippen LogP contribution in [0.25, 0.3) is 0 Å². The number of aliphatic hydroxyl groups excluding tert-OH is 1. The lowest BCUT2D eigenvalue weighted by molar-refractivity contribution is -0.142. The first-order valence-corrected chi connectivity index (χ1v) is 13.2. The maximum atomic E-state index is 12.8. The molecule has 2 rings (SSSR count). The van der Waals surface area contributed by atoms with E-state index in [1.807, 2.05) is 13.1 Å². The highest BCUT2D eigenvalue weighted by molar-refractivity contribution is 9.12. The Balaban J connectivity index is 2.10. The van der Waals surface area contributed by atoms with Gasteiger partial charge in [0.15, 0.2) is 14.1 Å². The van der Waals surface area contributed by atoms with Crippen molar-refractivity contribution < 1.29 is 28.6 Å². The van der Waals surface area contributed by atoms with E-state index in [1.165, 1.54) is 0 Å². The Morgan fingerprint density at radius 1 is 1.24 bits per heavy atom. The summed E-state index contributed by atoms with van der Waals surface area (Å²) in [6, 6.07) is 7.13. The molecule has 0 saturated heterocycles. The van der Waals surface area contributed by atoms with Gasteiger partial charge < -0.3 is 19.0 Å². The summed E-state index contributed by atoms with van der Waals surface area (Å²) >= 11 is 3.23. The van der Waals surface area contributed by atoms with Gasteiger partial charge in [-0.05, 0) is 51.8 Å². The molecule has 1 aliphatic carbocycles. The van der Waals surface area contributed by atoms with Gasteiger partial charge in [-0.1, -0.05) is 32.9 Å². The monoisotopic (exact) mass is 484 g/mol. The number of rotatable bonds is 6. The highest BCUT2D eigenvalue weighted by Crippen LogP contribution is 2.40. The molecule has 0 saturated carbocycles. The van der Waals surface area contributed by atoms with E-state index in [-0.39, 0.29) is 28.1 Å². The van der Waals surface area contributed by atoms with Gasteiger partial charge in [0.1, 0.15) is 18.5 Å². The second kappa shape index (κ2) is 9.12. The van der Waals surface area contributed by atoms with Crippen molar-refractivity contribution in [2.75, 3.05) is 7.11 Å². The first kappa shape index (κ1) is 23.8. The third-order valence-corrected chi connectivity index (χ3v) is 10.8. The number of esters is 1. The van der Waals surface area contributed by atoms with E-state index < -0.39 is 32.3 Å². The van der Waals surface area contributed by atoms with Crippen LogP contribution in [0.15, 0.2) is 34.3 Å². The molecule has 160 valence electrons. The summed E-state index contributed by atoms with van der Waals surface area (Å²) in [5, 5.41) is 10.4. The molecule has 0 aliphatic heterocycles. The van der Waals surface area contributed by atoms with E-state index in [9.17, 15) is 14.7 Å². The fourth-order valence-corrected chi connectivity index (χ4v) is 4.41. The Hall–Kier alpha value is -1.48. The number of benzene rings is 1. The molecule has 0 bridgehead atoms. The molecule has 0 aromatic heterocycles. The number of hydrogen-bond acceptors (Lipinski definition) is 6. The summed E-state index contributed by atoms with van der Waals surface area (Å²) in [5.41, 5.74) is 0.920. The van der Waals surface area contributed by atoms with Crippen molar-refractivity contribution in [3.05, 3.63) is 39.9 Å². The van der Waals surface area contributed by atoms with Crippen molar-refractivity contribution in [1.82, 2.24) is 0 Å². The van der Waals surface area contributed by atoms with Crippen molar-refractivity contribution >= 4 is 36.0 Å². The number of ketones is 1. The van der Waals surface area contributed by atoms with Crippen molar-refractivity contribution in [3.8, 4) is 5.75 Å². The molecule has 0 heterocycles. The molecule has 0 amide bonds. The van der Waals surface area contributed by atoms with Crippen LogP contribution in [0.1, 0.15) is 32.8 Å². The summed E-state index contributed by atoms with van der Waals surface area (Å²) in [6.45, 7) is 10.3. The van der Waals surface area contributed by atoms with Crippen LogP contribution in [-0.2, 0) is 25.4 Å². The van der Waals surface area contributed by atoms with Crippen LogP contribution >= 0.6 is 15.9 Å². The maximum Gasteiger partial charge on any atom is 0.335 e. The van der Waals surface area contributed by atoms with Gasteiger partial charge in [0.25, 0.3) is 0 Å². The number of hydrogen-bond donors (Lipinski definition) is 1. The van der Waals surface area contributed by atoms with Gasteiger partial charge in [-0.15, -0.1) is 0 Å². The molecule has 1 aliphatic rings. The predicted molar refractivity (Wildman–Crippen MR) is 116 cm³/mol. The molecule has 1 N–H and O–H groups in total. The fraction of sp³-hybridized carbons (Fsp3) is 0.524. The molecule has 0 radical (unpaired) electrons. The first-order chi connectivity index (χ1) is 13.4. The molecule has 6 nitrogen and oxygen atoms in total. The van der Waals surface area contributed by atoms with Crippen LogP contribution in [0, 0.1) is 0 Å². The average Bonchev–Trinajstić information content (AvgIpc) is 2.65. The van der Waals surface area contributed by atoms with E-state index >= 15 is 0 Å². The predicted octanol–water partition coefficient (Wildman–Crippen LogP) is 4.11. The van der Waals surface area contributed by atoms with E-state index in [1.54, 1.807) is 31.4 Å². The van der Waals surface area contributed by atoms with Crippen LogP contribution in [-0.4, -0.2) is 44.5 Å². The lowest BCUT2D eigenvalue weighted by atomic mass is 9.93. The van der Waals surface area contributed by atoms with Crippen LogP contribution in [0.5, 0.6) is 5.75 Å². The van der Waals surface area contributed by atoms with Crippen LogP contribution < -0.4 is 4.74 Å². The molecule has 8 heteroatoms. The van der Waals surface area contributed by atoms with Crippen molar-refractivity contribution in [2.24, 2.45) is 0 Å². The summed E-state index contributed by atoms with van der Waals surface area (Å²) in [7, 11) is -0.697. The zero-order valence-electron chi connectivity index (χ0n) is 17.7. The Bertz CT molecular complexity index is 794. The highest BCUT2D eigenvalue weighted by Gasteiger charge is 2.46. The van der Waals surface area contributed by atoms with Crippen LogP contribution in [0.3, 0.4) is 0 Å².